The van der Waals surface area contributed by atoms with Crippen LogP contribution in [0, 0.1) is 0 Å². The monoisotopic (exact) mass is 604 g/mol. The highest BCUT2D eigenvalue weighted by Crippen LogP contribution is 2.35. The highest BCUT2D eigenvalue weighted by molar-refractivity contribution is 7.46. The van der Waals surface area contributed by atoms with Gasteiger partial charge in [-0.05, 0) is 32.1 Å². The Bertz CT molecular complexity index is 691. The smallest absolute Gasteiger partial charge is 0.462 e. The molecule has 0 saturated heterocycles. The quantitative estimate of drug-likeness (QED) is 0.0360. The van der Waals surface area contributed by atoms with Crippen molar-refractivity contribution in [3.05, 3.63) is 12.2 Å². The lowest BCUT2D eigenvalue weighted by Crippen LogP contribution is -2.29. The van der Waals surface area contributed by atoms with E-state index in [1.165, 1.54) is 70.6 Å². The van der Waals surface area contributed by atoms with E-state index in [1.54, 1.807) is 0 Å². The fourth-order valence-electron chi connectivity index (χ4n) is 4.53. The fourth-order valence-corrected chi connectivity index (χ4v) is 4.89. The number of esters is 2. The minimum Gasteiger partial charge on any atom is -0.462 e. The molecular formula is C32H61O8P. The van der Waals surface area contributed by atoms with Crippen LogP contribution in [-0.4, -0.2) is 41.0 Å². The van der Waals surface area contributed by atoms with Gasteiger partial charge >= 0.3 is 19.8 Å². The minimum absolute atomic E-state index is 0.204. The third-order valence-corrected chi connectivity index (χ3v) is 7.52. The second-order valence-electron chi connectivity index (χ2n) is 11.1. The first kappa shape index (κ1) is 39.8. The molecule has 0 spiro atoms. The molecule has 41 heavy (non-hydrogen) atoms. The summed E-state index contributed by atoms with van der Waals surface area (Å²) in [5.41, 5.74) is 0. The summed E-state index contributed by atoms with van der Waals surface area (Å²) in [5, 5.41) is 0. The Balaban J connectivity index is 4.02. The van der Waals surface area contributed by atoms with Crippen LogP contribution in [0.2, 0.25) is 0 Å². The summed E-state index contributed by atoms with van der Waals surface area (Å²) in [6.45, 7) is 3.61. The average molecular weight is 605 g/mol. The van der Waals surface area contributed by atoms with E-state index in [1.807, 2.05) is 0 Å². The number of carbonyl (C=O) groups excluding carboxylic acids is 2. The maximum Gasteiger partial charge on any atom is 0.469 e. The van der Waals surface area contributed by atoms with Crippen molar-refractivity contribution in [3.63, 3.8) is 0 Å². The van der Waals surface area contributed by atoms with E-state index in [0.29, 0.717) is 6.42 Å². The molecule has 0 unspecified atom stereocenters. The van der Waals surface area contributed by atoms with Crippen molar-refractivity contribution in [3.8, 4) is 0 Å². The zero-order chi connectivity index (χ0) is 30.4. The van der Waals surface area contributed by atoms with Gasteiger partial charge in [0.1, 0.15) is 6.61 Å². The molecule has 0 rings (SSSR count). The Morgan fingerprint density at radius 1 is 0.610 bits per heavy atom. The van der Waals surface area contributed by atoms with Crippen molar-refractivity contribution in [2.24, 2.45) is 0 Å². The van der Waals surface area contributed by atoms with E-state index in [4.69, 9.17) is 19.3 Å². The highest BCUT2D eigenvalue weighted by atomic mass is 31.2. The topological polar surface area (TPSA) is 119 Å². The molecular weight excluding hydrogens is 543 g/mol. The first-order chi connectivity index (χ1) is 19.8. The Morgan fingerprint density at radius 2 is 1.05 bits per heavy atom. The SMILES string of the molecule is CCCC/C=C/CCCCCCCC(=O)O[C@H](COC(=O)CCCCCCCCCCCCCC)COP(=O)(O)O. The average Bonchev–Trinajstić information content (AvgIpc) is 2.93. The molecule has 1 atom stereocenters. The number of carbonyl (C=O) groups is 2. The number of rotatable bonds is 30. The van der Waals surface area contributed by atoms with Crippen molar-refractivity contribution in [2.45, 2.75) is 168 Å². The molecule has 0 radical (unpaired) electrons. The molecule has 0 aromatic carbocycles. The lowest BCUT2D eigenvalue weighted by molar-refractivity contribution is -0.161. The van der Waals surface area contributed by atoms with Crippen molar-refractivity contribution in [2.75, 3.05) is 13.2 Å². The number of unbranched alkanes of at least 4 members (excludes halogenated alkanes) is 18. The zero-order valence-electron chi connectivity index (χ0n) is 26.2. The third-order valence-electron chi connectivity index (χ3n) is 7.03. The molecule has 2 N–H and O–H groups in total. The van der Waals surface area contributed by atoms with Gasteiger partial charge in [0.2, 0.25) is 0 Å². The number of phosphoric ester groups is 1. The molecule has 0 aliphatic carbocycles. The van der Waals surface area contributed by atoms with Gasteiger partial charge in [0.25, 0.3) is 0 Å². The summed E-state index contributed by atoms with van der Waals surface area (Å²) in [6, 6.07) is 0. The predicted molar refractivity (Wildman–Crippen MR) is 166 cm³/mol. The predicted octanol–water partition coefficient (Wildman–Crippen LogP) is 9.12. The van der Waals surface area contributed by atoms with E-state index in [-0.39, 0.29) is 19.4 Å². The molecule has 8 nitrogen and oxygen atoms in total. The number of hydrogen-bond acceptors (Lipinski definition) is 6. The molecule has 0 fully saturated rings. The molecule has 9 heteroatoms. The molecule has 0 saturated carbocycles. The van der Waals surface area contributed by atoms with Gasteiger partial charge in [-0.1, -0.05) is 129 Å². The minimum atomic E-state index is -4.74. The van der Waals surface area contributed by atoms with Crippen molar-refractivity contribution in [1.82, 2.24) is 0 Å². The van der Waals surface area contributed by atoms with Crippen molar-refractivity contribution < 1.29 is 37.9 Å². The fraction of sp³-hybridized carbons (Fsp3) is 0.875. The lowest BCUT2D eigenvalue weighted by Gasteiger charge is -2.18. The number of hydrogen-bond donors (Lipinski definition) is 2. The number of phosphoric acid groups is 1. The normalized spacial score (nSPS) is 12.6. The van der Waals surface area contributed by atoms with Gasteiger partial charge in [-0.3, -0.25) is 14.1 Å². The second-order valence-corrected chi connectivity index (χ2v) is 12.4. The van der Waals surface area contributed by atoms with E-state index in [9.17, 15) is 14.2 Å². The van der Waals surface area contributed by atoms with Crippen LogP contribution < -0.4 is 0 Å². The van der Waals surface area contributed by atoms with Gasteiger partial charge in [-0.15, -0.1) is 0 Å². The Kier molecular flexibility index (Phi) is 28.0. The first-order valence-electron chi connectivity index (χ1n) is 16.5. The summed E-state index contributed by atoms with van der Waals surface area (Å²) >= 11 is 0. The van der Waals surface area contributed by atoms with Crippen LogP contribution in [0.5, 0.6) is 0 Å². The van der Waals surface area contributed by atoms with Crippen LogP contribution in [0.4, 0.5) is 0 Å². The van der Waals surface area contributed by atoms with E-state index in [0.717, 1.165) is 57.8 Å². The van der Waals surface area contributed by atoms with Crippen LogP contribution in [0.25, 0.3) is 0 Å². The summed E-state index contributed by atoms with van der Waals surface area (Å²) in [7, 11) is -4.74. The van der Waals surface area contributed by atoms with Gasteiger partial charge in [-0.25, -0.2) is 4.57 Å². The van der Waals surface area contributed by atoms with Crippen LogP contribution in [0.3, 0.4) is 0 Å². The molecule has 242 valence electrons. The molecule has 0 aliphatic heterocycles. The summed E-state index contributed by atoms with van der Waals surface area (Å²) in [6.07, 6.45) is 27.9. The van der Waals surface area contributed by atoms with E-state index >= 15 is 0 Å². The maximum atomic E-state index is 12.3. The Hall–Kier alpha value is -1.21. The zero-order valence-corrected chi connectivity index (χ0v) is 27.1. The Labute approximate surface area is 250 Å². The third kappa shape index (κ3) is 31.6. The van der Waals surface area contributed by atoms with Gasteiger partial charge in [0.05, 0.1) is 6.61 Å². The first-order valence-corrected chi connectivity index (χ1v) is 18.0. The van der Waals surface area contributed by atoms with Crippen LogP contribution in [0.1, 0.15) is 162 Å². The molecule has 0 heterocycles. The molecule has 0 amide bonds. The van der Waals surface area contributed by atoms with Gasteiger partial charge in [-0.2, -0.15) is 0 Å². The molecule has 0 aromatic heterocycles. The standard InChI is InChI=1S/C32H61O8P/c1-3-5-7-9-11-13-15-17-18-20-22-24-26-31(33)38-28-30(29-39-41(35,36)37)40-32(34)27-25-23-21-19-16-14-12-10-8-6-4-2/h10,12,30H,3-9,11,13-29H2,1-2H3,(H2,35,36,37)/b12-10+/t30-/m1/s1. The largest absolute Gasteiger partial charge is 0.469 e. The van der Waals surface area contributed by atoms with Crippen LogP contribution >= 0.6 is 7.82 Å². The lowest BCUT2D eigenvalue weighted by atomic mass is 10.0. The van der Waals surface area contributed by atoms with E-state index < -0.39 is 32.5 Å². The van der Waals surface area contributed by atoms with E-state index in [2.05, 4.69) is 30.5 Å². The van der Waals surface area contributed by atoms with Crippen LogP contribution in [0.15, 0.2) is 12.2 Å². The maximum absolute atomic E-state index is 12.3. The summed E-state index contributed by atoms with van der Waals surface area (Å²) in [4.78, 5) is 42.4. The van der Waals surface area contributed by atoms with Gasteiger partial charge < -0.3 is 19.3 Å². The number of allylic oxidation sites excluding steroid dienone is 2. The van der Waals surface area contributed by atoms with Gasteiger partial charge in [0, 0.05) is 12.8 Å². The van der Waals surface area contributed by atoms with Crippen molar-refractivity contribution in [1.29, 1.82) is 0 Å². The molecule has 0 aliphatic rings. The highest BCUT2D eigenvalue weighted by Gasteiger charge is 2.22. The molecule has 0 bridgehead atoms. The van der Waals surface area contributed by atoms with Crippen LogP contribution in [-0.2, 0) is 28.2 Å². The van der Waals surface area contributed by atoms with Crippen molar-refractivity contribution >= 4 is 19.8 Å². The summed E-state index contributed by atoms with van der Waals surface area (Å²) < 4.78 is 26.1. The number of ether oxygens (including phenoxy) is 2. The molecule has 0 aromatic rings. The van der Waals surface area contributed by atoms with Gasteiger partial charge in [0.15, 0.2) is 6.10 Å². The Morgan fingerprint density at radius 3 is 1.56 bits per heavy atom. The summed E-state index contributed by atoms with van der Waals surface area (Å²) in [5.74, 6) is -0.894. The second kappa shape index (κ2) is 28.9.